The minimum atomic E-state index is -0.287. The van der Waals surface area contributed by atoms with Crippen LogP contribution in [0.1, 0.15) is 31.4 Å². The molecular formula is C15H22N2O2. The fourth-order valence-corrected chi connectivity index (χ4v) is 1.55. The van der Waals surface area contributed by atoms with E-state index in [-0.39, 0.29) is 18.2 Å². The van der Waals surface area contributed by atoms with E-state index in [4.69, 9.17) is 0 Å². The van der Waals surface area contributed by atoms with Gasteiger partial charge in [0.15, 0.2) is 0 Å². The van der Waals surface area contributed by atoms with Crippen molar-refractivity contribution in [3.8, 4) is 0 Å². The van der Waals surface area contributed by atoms with E-state index in [1.807, 2.05) is 45.9 Å². The van der Waals surface area contributed by atoms with Gasteiger partial charge in [-0.25, -0.2) is 0 Å². The van der Waals surface area contributed by atoms with E-state index < -0.39 is 0 Å². The summed E-state index contributed by atoms with van der Waals surface area (Å²) in [6.45, 7) is 8.61. The van der Waals surface area contributed by atoms with Crippen LogP contribution in [0, 0.1) is 19.8 Å². The predicted octanol–water partition coefficient (Wildman–Crippen LogP) is 2.40. The summed E-state index contributed by atoms with van der Waals surface area (Å²) in [5.41, 5.74) is 3.01. The molecule has 0 radical (unpaired) electrons. The number of carbonyl (C=O) groups is 2. The number of benzene rings is 1. The summed E-state index contributed by atoms with van der Waals surface area (Å²) in [5.74, 6) is -0.147. The maximum atomic E-state index is 11.7. The van der Waals surface area contributed by atoms with Crippen LogP contribution >= 0.6 is 0 Å². The molecule has 2 amide bonds. The van der Waals surface area contributed by atoms with E-state index in [1.165, 1.54) is 5.56 Å². The summed E-state index contributed by atoms with van der Waals surface area (Å²) in [5, 5.41) is 5.45. The average molecular weight is 262 g/mol. The van der Waals surface area contributed by atoms with Gasteiger partial charge in [0.1, 0.15) is 6.42 Å². The lowest BCUT2D eigenvalue weighted by Crippen LogP contribution is -2.30. The van der Waals surface area contributed by atoms with Crippen LogP contribution in [0.4, 0.5) is 5.69 Å². The van der Waals surface area contributed by atoms with Crippen LogP contribution in [-0.2, 0) is 9.59 Å². The molecule has 4 heteroatoms. The van der Waals surface area contributed by atoms with Gasteiger partial charge in [0.25, 0.3) is 0 Å². The summed E-state index contributed by atoms with van der Waals surface area (Å²) in [6, 6.07) is 5.69. The first-order valence-corrected chi connectivity index (χ1v) is 6.52. The molecule has 0 unspecified atom stereocenters. The standard InChI is InChI=1S/C15H22N2O2/c1-10(2)9-16-14(18)8-15(19)17-13-6-5-11(3)12(4)7-13/h5-7,10H,8-9H2,1-4H3,(H,16,18)(H,17,19). The Labute approximate surface area is 114 Å². The highest BCUT2D eigenvalue weighted by Gasteiger charge is 2.10. The zero-order valence-corrected chi connectivity index (χ0v) is 12.0. The third-order valence-electron chi connectivity index (χ3n) is 2.82. The molecule has 0 atom stereocenters. The van der Waals surface area contributed by atoms with E-state index in [2.05, 4.69) is 10.6 Å². The summed E-state index contributed by atoms with van der Waals surface area (Å²) >= 11 is 0. The minimum Gasteiger partial charge on any atom is -0.355 e. The predicted molar refractivity (Wildman–Crippen MR) is 77.0 cm³/mol. The van der Waals surface area contributed by atoms with Gasteiger partial charge in [0, 0.05) is 12.2 Å². The van der Waals surface area contributed by atoms with Crippen molar-refractivity contribution < 1.29 is 9.59 Å². The molecule has 0 aliphatic carbocycles. The number of anilines is 1. The second kappa shape index (κ2) is 6.92. The Balaban J connectivity index is 2.46. The Morgan fingerprint density at radius 3 is 2.37 bits per heavy atom. The van der Waals surface area contributed by atoms with Crippen molar-refractivity contribution in [3.63, 3.8) is 0 Å². The lowest BCUT2D eigenvalue weighted by atomic mass is 10.1. The molecule has 1 rings (SSSR count). The van der Waals surface area contributed by atoms with Gasteiger partial charge >= 0.3 is 0 Å². The van der Waals surface area contributed by atoms with E-state index >= 15 is 0 Å². The largest absolute Gasteiger partial charge is 0.355 e. The Morgan fingerprint density at radius 2 is 1.79 bits per heavy atom. The molecule has 19 heavy (non-hydrogen) atoms. The summed E-state index contributed by atoms with van der Waals surface area (Å²) in [7, 11) is 0. The second-order valence-corrected chi connectivity index (χ2v) is 5.22. The smallest absolute Gasteiger partial charge is 0.233 e. The van der Waals surface area contributed by atoms with E-state index in [0.717, 1.165) is 11.3 Å². The maximum absolute atomic E-state index is 11.7. The number of hydrogen-bond donors (Lipinski definition) is 2. The molecule has 0 saturated carbocycles. The van der Waals surface area contributed by atoms with Gasteiger partial charge in [-0.1, -0.05) is 19.9 Å². The van der Waals surface area contributed by atoms with Gasteiger partial charge in [0.2, 0.25) is 11.8 Å². The summed E-state index contributed by atoms with van der Waals surface area (Å²) < 4.78 is 0. The van der Waals surface area contributed by atoms with E-state index in [1.54, 1.807) is 0 Å². The molecule has 2 N–H and O–H groups in total. The number of hydrogen-bond acceptors (Lipinski definition) is 2. The monoisotopic (exact) mass is 262 g/mol. The number of rotatable bonds is 5. The molecule has 0 saturated heterocycles. The normalized spacial score (nSPS) is 10.4. The van der Waals surface area contributed by atoms with Crippen LogP contribution < -0.4 is 10.6 Å². The fraction of sp³-hybridized carbons (Fsp3) is 0.467. The number of nitrogens with one attached hydrogen (secondary N) is 2. The molecule has 0 bridgehead atoms. The number of amides is 2. The molecule has 1 aromatic rings. The van der Waals surface area contributed by atoms with Crippen molar-refractivity contribution in [1.82, 2.24) is 5.32 Å². The maximum Gasteiger partial charge on any atom is 0.233 e. The third kappa shape index (κ3) is 5.55. The zero-order chi connectivity index (χ0) is 14.4. The van der Waals surface area contributed by atoms with E-state index in [9.17, 15) is 9.59 Å². The highest BCUT2D eigenvalue weighted by atomic mass is 16.2. The lowest BCUT2D eigenvalue weighted by molar-refractivity contribution is -0.126. The van der Waals surface area contributed by atoms with Gasteiger partial charge in [-0.15, -0.1) is 0 Å². The van der Waals surface area contributed by atoms with Crippen molar-refractivity contribution in [3.05, 3.63) is 29.3 Å². The molecule has 0 aliphatic heterocycles. The molecule has 0 aliphatic rings. The van der Waals surface area contributed by atoms with Crippen LogP contribution in [-0.4, -0.2) is 18.4 Å². The first-order chi connectivity index (χ1) is 8.88. The van der Waals surface area contributed by atoms with Crippen molar-refractivity contribution in [1.29, 1.82) is 0 Å². The SMILES string of the molecule is Cc1ccc(NC(=O)CC(=O)NCC(C)C)cc1C. The van der Waals surface area contributed by atoms with Crippen LogP contribution in [0.2, 0.25) is 0 Å². The van der Waals surface area contributed by atoms with Crippen LogP contribution in [0.15, 0.2) is 18.2 Å². The summed E-state index contributed by atoms with van der Waals surface area (Å²) in [4.78, 5) is 23.2. The first kappa shape index (κ1) is 15.2. The second-order valence-electron chi connectivity index (χ2n) is 5.22. The molecule has 0 spiro atoms. The van der Waals surface area contributed by atoms with Crippen LogP contribution in [0.25, 0.3) is 0 Å². The van der Waals surface area contributed by atoms with Gasteiger partial charge in [-0.05, 0) is 43.0 Å². The highest BCUT2D eigenvalue weighted by molar-refractivity contribution is 6.03. The molecule has 0 heterocycles. The topological polar surface area (TPSA) is 58.2 Å². The van der Waals surface area contributed by atoms with E-state index in [0.29, 0.717) is 12.5 Å². The van der Waals surface area contributed by atoms with Gasteiger partial charge in [0.05, 0.1) is 0 Å². The van der Waals surface area contributed by atoms with Crippen molar-refractivity contribution in [2.45, 2.75) is 34.1 Å². The zero-order valence-electron chi connectivity index (χ0n) is 12.0. The molecule has 0 aromatic heterocycles. The summed E-state index contributed by atoms with van der Waals surface area (Å²) in [6.07, 6.45) is -0.139. The Kier molecular flexibility index (Phi) is 5.55. The number of aryl methyl sites for hydroxylation is 2. The van der Waals surface area contributed by atoms with Crippen molar-refractivity contribution in [2.24, 2.45) is 5.92 Å². The lowest BCUT2D eigenvalue weighted by Gasteiger charge is -2.09. The quantitative estimate of drug-likeness (QED) is 0.801. The van der Waals surface area contributed by atoms with Crippen LogP contribution in [0.3, 0.4) is 0 Å². The highest BCUT2D eigenvalue weighted by Crippen LogP contribution is 2.14. The molecule has 104 valence electrons. The Hall–Kier alpha value is -1.84. The van der Waals surface area contributed by atoms with Crippen molar-refractivity contribution in [2.75, 3.05) is 11.9 Å². The number of carbonyl (C=O) groups excluding carboxylic acids is 2. The van der Waals surface area contributed by atoms with Crippen LogP contribution in [0.5, 0.6) is 0 Å². The van der Waals surface area contributed by atoms with Crippen molar-refractivity contribution >= 4 is 17.5 Å². The molecular weight excluding hydrogens is 240 g/mol. The Bertz CT molecular complexity index is 467. The van der Waals surface area contributed by atoms with Gasteiger partial charge in [-0.3, -0.25) is 9.59 Å². The third-order valence-corrected chi connectivity index (χ3v) is 2.82. The molecule has 1 aromatic carbocycles. The van der Waals surface area contributed by atoms with Gasteiger partial charge < -0.3 is 10.6 Å². The molecule has 4 nitrogen and oxygen atoms in total. The Morgan fingerprint density at radius 1 is 1.11 bits per heavy atom. The van der Waals surface area contributed by atoms with Gasteiger partial charge in [-0.2, -0.15) is 0 Å². The minimum absolute atomic E-state index is 0.139. The molecule has 0 fully saturated rings. The fourth-order valence-electron chi connectivity index (χ4n) is 1.55. The average Bonchev–Trinajstić information content (AvgIpc) is 2.31. The first-order valence-electron chi connectivity index (χ1n) is 6.52.